The number of nitrogens with zero attached hydrogens (tertiary/aromatic N) is 2. The lowest BCUT2D eigenvalue weighted by atomic mass is 10.1. The van der Waals surface area contributed by atoms with E-state index in [0.717, 1.165) is 11.1 Å². The monoisotopic (exact) mass is 489 g/mol. The van der Waals surface area contributed by atoms with Crippen molar-refractivity contribution >= 4 is 44.6 Å². The predicted octanol–water partition coefficient (Wildman–Crippen LogP) is 4.92. The van der Waals surface area contributed by atoms with Gasteiger partial charge in [0.25, 0.3) is 11.7 Å². The van der Waals surface area contributed by atoms with Crippen LogP contribution >= 0.6 is 10.5 Å². The molecule has 0 spiro atoms. The van der Waals surface area contributed by atoms with Gasteiger partial charge in [0.05, 0.1) is 19.8 Å². The van der Waals surface area contributed by atoms with Crippen LogP contribution in [-0.2, 0) is 11.3 Å². The second-order valence-electron chi connectivity index (χ2n) is 8.08. The Labute approximate surface area is 206 Å². The minimum atomic E-state index is -0.738. The van der Waals surface area contributed by atoms with Gasteiger partial charge >= 0.3 is 0 Å². The van der Waals surface area contributed by atoms with Crippen molar-refractivity contribution in [3.8, 4) is 11.6 Å². The first-order valence-corrected chi connectivity index (χ1v) is 12.7. The van der Waals surface area contributed by atoms with Crippen molar-refractivity contribution in [3.63, 3.8) is 0 Å². The van der Waals surface area contributed by atoms with Crippen LogP contribution in [0, 0.1) is 6.92 Å². The van der Waals surface area contributed by atoms with Gasteiger partial charge in [0.2, 0.25) is 5.88 Å². The van der Waals surface area contributed by atoms with E-state index in [0.29, 0.717) is 40.5 Å². The van der Waals surface area contributed by atoms with Crippen LogP contribution in [0.15, 0.2) is 65.7 Å². The maximum Gasteiger partial charge on any atom is 0.296 e. The molecule has 0 aliphatic heterocycles. The highest BCUT2D eigenvalue weighted by molar-refractivity contribution is 8.13. The molecule has 0 saturated carbocycles. The summed E-state index contributed by atoms with van der Waals surface area (Å²) in [6.45, 7) is 2.41. The molecule has 180 valence electrons. The number of carbonyl (C=O) groups excluding carboxylic acids is 2. The van der Waals surface area contributed by atoms with Crippen molar-refractivity contribution in [3.05, 3.63) is 77.6 Å². The third-order valence-corrected chi connectivity index (χ3v) is 6.91. The maximum absolute atomic E-state index is 13.4. The van der Waals surface area contributed by atoms with Gasteiger partial charge < -0.3 is 19.4 Å². The molecule has 2 aromatic heterocycles. The number of anilines is 1. The highest BCUT2D eigenvalue weighted by atomic mass is 32.2. The number of benzene rings is 2. The van der Waals surface area contributed by atoms with Crippen LogP contribution in [-0.4, -0.2) is 47.6 Å². The van der Waals surface area contributed by atoms with Gasteiger partial charge in [-0.1, -0.05) is 18.0 Å². The lowest BCUT2D eigenvalue weighted by Crippen LogP contribution is -2.23. The number of carbonyl (C=O) groups is 2. The number of ether oxygens (including phenoxy) is 2. The second-order valence-corrected chi connectivity index (χ2v) is 9.83. The van der Waals surface area contributed by atoms with Crippen LogP contribution in [0.25, 0.3) is 10.9 Å². The summed E-state index contributed by atoms with van der Waals surface area (Å²) in [5.41, 5.74) is 3.41. The second kappa shape index (κ2) is 10.1. The molecule has 0 radical (unpaired) electrons. The minimum Gasteiger partial charge on any atom is -0.497 e. The van der Waals surface area contributed by atoms with E-state index in [2.05, 4.69) is 51.3 Å². The minimum absolute atomic E-state index is 0.0623. The molecule has 0 aliphatic rings. The predicted molar refractivity (Wildman–Crippen MR) is 141 cm³/mol. The van der Waals surface area contributed by atoms with E-state index in [1.165, 1.54) is 18.2 Å². The number of Topliss-reactive ketones (excluding diaryl/α,β-unsaturated/α-hetero) is 1. The number of amides is 1. The first-order valence-electron chi connectivity index (χ1n) is 10.9. The third kappa shape index (κ3) is 4.97. The number of hydrogen-bond acceptors (Lipinski definition) is 5. The van der Waals surface area contributed by atoms with Crippen molar-refractivity contribution in [2.24, 2.45) is 0 Å². The zero-order valence-electron chi connectivity index (χ0n) is 20.1. The van der Waals surface area contributed by atoms with E-state index >= 15 is 0 Å². The molecule has 4 rings (SSSR count). The third-order valence-electron chi connectivity index (χ3n) is 5.83. The first kappa shape index (κ1) is 24.2. The molecule has 0 bridgehead atoms. The molecule has 8 heteroatoms. The van der Waals surface area contributed by atoms with Gasteiger partial charge in [-0.05, 0) is 55.1 Å². The SMILES string of the molecule is C=S(C)c1ccc(Cn2c(C)c(C(=O)C(=O)Nc3ccnc(OC)c3)c3cc(OC)ccc32)cc1. The zero-order chi connectivity index (χ0) is 25.1. The summed E-state index contributed by atoms with van der Waals surface area (Å²) in [5, 5.41) is 3.32. The Morgan fingerprint density at radius 3 is 2.46 bits per heavy atom. The van der Waals surface area contributed by atoms with Crippen LogP contribution in [0.5, 0.6) is 11.6 Å². The van der Waals surface area contributed by atoms with Gasteiger partial charge in [0.1, 0.15) is 5.75 Å². The molecule has 2 aromatic carbocycles. The molecular weight excluding hydrogens is 462 g/mol. The summed E-state index contributed by atoms with van der Waals surface area (Å²) < 4.78 is 12.5. The van der Waals surface area contributed by atoms with E-state index in [-0.39, 0.29) is 10.5 Å². The van der Waals surface area contributed by atoms with Crippen molar-refractivity contribution in [2.45, 2.75) is 18.4 Å². The Balaban J connectivity index is 1.73. The molecule has 1 atom stereocenters. The fraction of sp³-hybridized carbons (Fsp3) is 0.185. The largest absolute Gasteiger partial charge is 0.497 e. The lowest BCUT2D eigenvalue weighted by Gasteiger charge is -2.10. The van der Waals surface area contributed by atoms with Gasteiger partial charge in [-0.25, -0.2) is 4.98 Å². The Morgan fingerprint density at radius 1 is 1.06 bits per heavy atom. The molecule has 1 amide bonds. The molecule has 1 unspecified atom stereocenters. The smallest absolute Gasteiger partial charge is 0.296 e. The Kier molecular flexibility index (Phi) is 7.02. The first-order chi connectivity index (χ1) is 16.8. The van der Waals surface area contributed by atoms with Gasteiger partial charge in [0, 0.05) is 46.0 Å². The summed E-state index contributed by atoms with van der Waals surface area (Å²) in [7, 11) is 2.99. The fourth-order valence-corrected chi connectivity index (χ4v) is 4.59. The molecule has 7 nitrogen and oxygen atoms in total. The van der Waals surface area contributed by atoms with E-state index < -0.39 is 11.7 Å². The van der Waals surface area contributed by atoms with Crippen molar-refractivity contribution in [2.75, 3.05) is 25.8 Å². The number of fused-ring (bicyclic) bond motifs is 1. The Hall–Kier alpha value is -3.91. The van der Waals surface area contributed by atoms with Crippen LogP contribution in [0.4, 0.5) is 5.69 Å². The number of ketones is 1. The summed E-state index contributed by atoms with van der Waals surface area (Å²) in [4.78, 5) is 31.6. The van der Waals surface area contributed by atoms with Crippen molar-refractivity contribution in [1.29, 1.82) is 0 Å². The van der Waals surface area contributed by atoms with E-state index in [4.69, 9.17) is 9.47 Å². The lowest BCUT2D eigenvalue weighted by molar-refractivity contribution is -0.112. The molecule has 2 heterocycles. The van der Waals surface area contributed by atoms with Crippen LogP contribution in [0.3, 0.4) is 0 Å². The number of aromatic nitrogens is 2. The normalized spacial score (nSPS) is 11.8. The Bertz CT molecular complexity index is 1440. The van der Waals surface area contributed by atoms with Gasteiger partial charge in [-0.15, -0.1) is 0 Å². The average molecular weight is 490 g/mol. The molecule has 1 N–H and O–H groups in total. The summed E-state index contributed by atoms with van der Waals surface area (Å²) in [6, 6.07) is 17.0. The zero-order valence-corrected chi connectivity index (χ0v) is 20.9. The van der Waals surface area contributed by atoms with Gasteiger partial charge in [-0.2, -0.15) is 10.5 Å². The molecular formula is C27H27N3O4S. The molecule has 0 saturated heterocycles. The number of rotatable bonds is 8. The van der Waals surface area contributed by atoms with Gasteiger partial charge in [-0.3, -0.25) is 9.59 Å². The fourth-order valence-electron chi connectivity index (χ4n) is 3.99. The quantitative estimate of drug-likeness (QED) is 0.216. The number of nitrogens with one attached hydrogen (secondary N) is 1. The number of methoxy groups -OCH3 is 2. The van der Waals surface area contributed by atoms with Crippen LogP contribution < -0.4 is 14.8 Å². The Morgan fingerprint density at radius 2 is 1.80 bits per heavy atom. The number of pyridine rings is 1. The van der Waals surface area contributed by atoms with Gasteiger partial charge in [0.15, 0.2) is 0 Å². The average Bonchev–Trinajstić information content (AvgIpc) is 3.14. The van der Waals surface area contributed by atoms with Crippen LogP contribution in [0.2, 0.25) is 0 Å². The molecule has 0 aliphatic carbocycles. The maximum atomic E-state index is 13.4. The van der Waals surface area contributed by atoms with E-state index in [1.807, 2.05) is 19.1 Å². The summed E-state index contributed by atoms with van der Waals surface area (Å²) in [6.07, 6.45) is 3.58. The van der Waals surface area contributed by atoms with E-state index in [1.54, 1.807) is 25.3 Å². The standard InChI is InChI=1S/C27H27N3O4S/c1-17-25(26(31)27(32)29-19-12-13-28-24(14-19)34-3)22-15-20(33-2)8-11-23(22)30(17)16-18-6-9-21(10-7-18)35(4)5/h6-15H,4,16H2,1-3,5H3,(H,28,29,32). The topological polar surface area (TPSA) is 82.5 Å². The number of hydrogen-bond donors (Lipinski definition) is 1. The molecule has 0 fully saturated rings. The van der Waals surface area contributed by atoms with Crippen molar-refractivity contribution < 1.29 is 19.1 Å². The highest BCUT2D eigenvalue weighted by Crippen LogP contribution is 2.31. The van der Waals surface area contributed by atoms with E-state index in [9.17, 15) is 9.59 Å². The summed E-state index contributed by atoms with van der Waals surface area (Å²) >= 11 is 0. The summed E-state index contributed by atoms with van der Waals surface area (Å²) in [5.74, 6) is 3.68. The highest BCUT2D eigenvalue weighted by Gasteiger charge is 2.26. The van der Waals surface area contributed by atoms with Crippen molar-refractivity contribution in [1.82, 2.24) is 9.55 Å². The van der Waals surface area contributed by atoms with Crippen LogP contribution in [0.1, 0.15) is 21.6 Å². The molecule has 35 heavy (non-hydrogen) atoms. The molecule has 4 aromatic rings.